The SMILES string of the molecule is CC(C)(c1ccc(N)cc1)c1nc2cc(Br)c(F)cc2[nH]1. The minimum Gasteiger partial charge on any atom is -0.399 e. The molecule has 0 spiro atoms. The molecule has 0 aliphatic carbocycles. The van der Waals surface area contributed by atoms with E-state index in [9.17, 15) is 4.39 Å². The van der Waals surface area contributed by atoms with Crippen molar-refractivity contribution in [3.63, 3.8) is 0 Å². The predicted molar refractivity (Wildman–Crippen MR) is 86.7 cm³/mol. The van der Waals surface area contributed by atoms with E-state index in [0.717, 1.165) is 22.6 Å². The van der Waals surface area contributed by atoms with E-state index in [1.54, 1.807) is 6.07 Å². The lowest BCUT2D eigenvalue weighted by molar-refractivity contribution is 0.601. The quantitative estimate of drug-likeness (QED) is 0.676. The molecule has 1 heterocycles. The molecule has 2 aromatic carbocycles. The van der Waals surface area contributed by atoms with Gasteiger partial charge in [-0.25, -0.2) is 9.37 Å². The molecule has 3 aromatic rings. The average Bonchev–Trinajstić information content (AvgIpc) is 2.83. The van der Waals surface area contributed by atoms with Crippen LogP contribution in [-0.4, -0.2) is 9.97 Å². The zero-order valence-corrected chi connectivity index (χ0v) is 13.3. The van der Waals surface area contributed by atoms with Crippen molar-refractivity contribution < 1.29 is 4.39 Å². The predicted octanol–water partition coefficient (Wildman–Crippen LogP) is 4.37. The summed E-state index contributed by atoms with van der Waals surface area (Å²) in [4.78, 5) is 7.82. The van der Waals surface area contributed by atoms with E-state index in [1.165, 1.54) is 6.07 Å². The van der Waals surface area contributed by atoms with E-state index in [0.29, 0.717) is 9.99 Å². The van der Waals surface area contributed by atoms with Crippen molar-refractivity contribution in [3.05, 3.63) is 58.1 Å². The molecule has 3 nitrogen and oxygen atoms in total. The number of hydrogen-bond donors (Lipinski definition) is 2. The summed E-state index contributed by atoms with van der Waals surface area (Å²) in [6.07, 6.45) is 0. The Bertz CT molecular complexity index is 767. The number of aromatic amines is 1. The van der Waals surface area contributed by atoms with E-state index in [4.69, 9.17) is 5.73 Å². The van der Waals surface area contributed by atoms with Gasteiger partial charge in [0.1, 0.15) is 11.6 Å². The molecule has 0 saturated heterocycles. The van der Waals surface area contributed by atoms with Crippen LogP contribution in [0.25, 0.3) is 11.0 Å². The Hall–Kier alpha value is -1.88. The first-order valence-corrected chi connectivity index (χ1v) is 7.38. The number of nitrogen functional groups attached to an aromatic ring is 1. The Balaban J connectivity index is 2.12. The number of fused-ring (bicyclic) bond motifs is 1. The molecule has 21 heavy (non-hydrogen) atoms. The number of anilines is 1. The number of halogens is 2. The van der Waals surface area contributed by atoms with Crippen molar-refractivity contribution in [1.29, 1.82) is 0 Å². The van der Waals surface area contributed by atoms with Crippen LogP contribution < -0.4 is 5.73 Å². The number of imidazole rings is 1. The molecule has 0 atom stereocenters. The molecule has 0 saturated carbocycles. The van der Waals surface area contributed by atoms with Gasteiger partial charge in [-0.3, -0.25) is 0 Å². The van der Waals surface area contributed by atoms with Gasteiger partial charge in [0, 0.05) is 17.2 Å². The van der Waals surface area contributed by atoms with E-state index in [-0.39, 0.29) is 11.2 Å². The fraction of sp³-hybridized carbons (Fsp3) is 0.188. The Labute approximate surface area is 130 Å². The van der Waals surface area contributed by atoms with Crippen LogP contribution in [0.15, 0.2) is 40.9 Å². The summed E-state index contributed by atoms with van der Waals surface area (Å²) in [6.45, 7) is 4.14. The summed E-state index contributed by atoms with van der Waals surface area (Å²) in [5, 5.41) is 0. The second-order valence-corrected chi connectivity index (χ2v) is 6.47. The highest BCUT2D eigenvalue weighted by Gasteiger charge is 2.27. The zero-order valence-electron chi connectivity index (χ0n) is 11.7. The van der Waals surface area contributed by atoms with Gasteiger partial charge >= 0.3 is 0 Å². The third-order valence-electron chi connectivity index (χ3n) is 3.75. The molecule has 0 amide bonds. The van der Waals surface area contributed by atoms with Crippen LogP contribution in [0.2, 0.25) is 0 Å². The molecule has 0 fully saturated rings. The third kappa shape index (κ3) is 2.42. The molecular formula is C16H15BrFN3. The molecule has 5 heteroatoms. The van der Waals surface area contributed by atoms with Gasteiger partial charge in [-0.05, 0) is 53.5 Å². The first kappa shape index (κ1) is 14.1. The van der Waals surface area contributed by atoms with E-state index < -0.39 is 0 Å². The Morgan fingerprint density at radius 1 is 1.19 bits per heavy atom. The number of nitrogens with zero attached hydrogens (tertiary/aromatic N) is 1. The van der Waals surface area contributed by atoms with Gasteiger partial charge in [-0.2, -0.15) is 0 Å². The number of nitrogens with one attached hydrogen (secondary N) is 1. The molecule has 0 aliphatic heterocycles. The van der Waals surface area contributed by atoms with Crippen molar-refractivity contribution in [2.75, 3.05) is 5.73 Å². The maximum absolute atomic E-state index is 13.6. The number of hydrogen-bond acceptors (Lipinski definition) is 2. The summed E-state index contributed by atoms with van der Waals surface area (Å²) in [5.74, 6) is 0.489. The molecule has 0 bridgehead atoms. The van der Waals surface area contributed by atoms with Crippen LogP contribution in [0.1, 0.15) is 25.2 Å². The van der Waals surface area contributed by atoms with Crippen molar-refractivity contribution in [2.24, 2.45) is 0 Å². The lowest BCUT2D eigenvalue weighted by Gasteiger charge is -2.22. The minimum absolute atomic E-state index is 0.303. The average molecular weight is 348 g/mol. The van der Waals surface area contributed by atoms with Gasteiger partial charge in [-0.1, -0.05) is 12.1 Å². The van der Waals surface area contributed by atoms with Crippen molar-refractivity contribution in [3.8, 4) is 0 Å². The van der Waals surface area contributed by atoms with Gasteiger partial charge in [0.15, 0.2) is 0 Å². The minimum atomic E-state index is -0.324. The number of H-pyrrole nitrogens is 1. The highest BCUT2D eigenvalue weighted by molar-refractivity contribution is 9.10. The van der Waals surface area contributed by atoms with E-state index in [1.807, 2.05) is 24.3 Å². The Morgan fingerprint density at radius 2 is 1.86 bits per heavy atom. The van der Waals surface area contributed by atoms with Crippen LogP contribution in [0, 0.1) is 5.82 Å². The number of rotatable bonds is 2. The van der Waals surface area contributed by atoms with Crippen LogP contribution in [0.4, 0.5) is 10.1 Å². The van der Waals surface area contributed by atoms with Crippen LogP contribution in [-0.2, 0) is 5.41 Å². The van der Waals surface area contributed by atoms with Crippen LogP contribution in [0.3, 0.4) is 0 Å². The molecule has 0 aliphatic rings. The third-order valence-corrected chi connectivity index (χ3v) is 4.36. The molecule has 0 unspecified atom stereocenters. The van der Waals surface area contributed by atoms with Crippen molar-refractivity contribution in [2.45, 2.75) is 19.3 Å². The number of nitrogens with two attached hydrogens (primary N) is 1. The van der Waals surface area contributed by atoms with Crippen molar-refractivity contribution >= 4 is 32.7 Å². The monoisotopic (exact) mass is 347 g/mol. The van der Waals surface area contributed by atoms with E-state index >= 15 is 0 Å². The van der Waals surface area contributed by atoms with Gasteiger partial charge in [-0.15, -0.1) is 0 Å². The second-order valence-electron chi connectivity index (χ2n) is 5.62. The summed E-state index contributed by atoms with van der Waals surface area (Å²) >= 11 is 3.19. The topological polar surface area (TPSA) is 54.7 Å². The summed E-state index contributed by atoms with van der Waals surface area (Å²) in [5.41, 5.74) is 8.66. The van der Waals surface area contributed by atoms with Gasteiger partial charge in [0.25, 0.3) is 0 Å². The highest BCUT2D eigenvalue weighted by Crippen LogP contribution is 2.32. The summed E-state index contributed by atoms with van der Waals surface area (Å²) < 4.78 is 14.0. The highest BCUT2D eigenvalue weighted by atomic mass is 79.9. The smallest absolute Gasteiger partial charge is 0.139 e. The number of benzene rings is 2. The zero-order chi connectivity index (χ0) is 15.2. The molecule has 1 aromatic heterocycles. The van der Waals surface area contributed by atoms with Crippen LogP contribution in [0.5, 0.6) is 0 Å². The normalized spacial score (nSPS) is 12.0. The Kier molecular flexibility index (Phi) is 3.24. The lowest BCUT2D eigenvalue weighted by Crippen LogP contribution is -2.20. The first-order valence-electron chi connectivity index (χ1n) is 6.59. The largest absolute Gasteiger partial charge is 0.399 e. The van der Waals surface area contributed by atoms with Gasteiger partial charge in [0.2, 0.25) is 0 Å². The molecule has 3 N–H and O–H groups in total. The summed E-state index contributed by atoms with van der Waals surface area (Å²) in [6, 6.07) is 10.8. The molecular weight excluding hydrogens is 333 g/mol. The fourth-order valence-electron chi connectivity index (χ4n) is 2.34. The number of aromatic nitrogens is 2. The molecule has 3 rings (SSSR count). The molecule has 0 radical (unpaired) electrons. The van der Waals surface area contributed by atoms with E-state index in [2.05, 4.69) is 39.7 Å². The standard InChI is InChI=1S/C16H15BrFN3/c1-16(2,9-3-5-10(19)6-4-9)15-20-13-7-11(17)12(18)8-14(13)21-15/h3-8H,19H2,1-2H3,(H,20,21). The first-order chi connectivity index (χ1) is 9.88. The van der Waals surface area contributed by atoms with Gasteiger partial charge in [0.05, 0.1) is 15.5 Å². The van der Waals surface area contributed by atoms with Crippen molar-refractivity contribution in [1.82, 2.24) is 9.97 Å². The second kappa shape index (κ2) is 4.84. The Morgan fingerprint density at radius 3 is 2.52 bits per heavy atom. The van der Waals surface area contributed by atoms with Gasteiger partial charge < -0.3 is 10.7 Å². The molecule has 108 valence electrons. The fourth-order valence-corrected chi connectivity index (χ4v) is 2.67. The maximum atomic E-state index is 13.6. The van der Waals surface area contributed by atoms with Crippen LogP contribution >= 0.6 is 15.9 Å². The lowest BCUT2D eigenvalue weighted by atomic mass is 9.84. The maximum Gasteiger partial charge on any atom is 0.139 e. The summed E-state index contributed by atoms with van der Waals surface area (Å²) in [7, 11) is 0.